The summed E-state index contributed by atoms with van der Waals surface area (Å²) in [6.45, 7) is 8.03. The summed E-state index contributed by atoms with van der Waals surface area (Å²) in [6.07, 6.45) is 0. The zero-order valence-electron chi connectivity index (χ0n) is 18.5. The molecule has 3 aromatic carbocycles. The number of rotatable bonds is 7. The van der Waals surface area contributed by atoms with Crippen LogP contribution in [0.4, 0.5) is 0 Å². The lowest BCUT2D eigenvalue weighted by atomic mass is 9.92. The molecular formula is C26H26O6. The van der Waals surface area contributed by atoms with Gasteiger partial charge in [0.15, 0.2) is 5.75 Å². The number of carboxylic acid groups (broad SMARTS) is 1. The highest BCUT2D eigenvalue weighted by Crippen LogP contribution is 2.43. The van der Waals surface area contributed by atoms with Gasteiger partial charge in [0.1, 0.15) is 5.75 Å². The van der Waals surface area contributed by atoms with Crippen LogP contribution < -0.4 is 9.62 Å². The van der Waals surface area contributed by atoms with Crippen molar-refractivity contribution >= 4 is 11.9 Å². The maximum absolute atomic E-state index is 12.7. The van der Waals surface area contributed by atoms with E-state index in [1.165, 1.54) is 24.3 Å². The number of aromatic carboxylic acids is 1. The van der Waals surface area contributed by atoms with Gasteiger partial charge in [0.25, 0.3) is 0 Å². The van der Waals surface area contributed by atoms with Crippen molar-refractivity contribution in [1.82, 2.24) is 0 Å². The van der Waals surface area contributed by atoms with Crippen LogP contribution in [0.5, 0.6) is 11.5 Å². The molecule has 0 heterocycles. The maximum Gasteiger partial charge on any atom is 0.343 e. The van der Waals surface area contributed by atoms with Crippen molar-refractivity contribution in [1.29, 1.82) is 0 Å². The van der Waals surface area contributed by atoms with Crippen molar-refractivity contribution in [3.05, 3.63) is 82.9 Å². The van der Waals surface area contributed by atoms with Gasteiger partial charge in [0.05, 0.1) is 11.1 Å². The van der Waals surface area contributed by atoms with Gasteiger partial charge in [-0.1, -0.05) is 52.0 Å². The number of esters is 1. The number of carbonyl (C=O) groups is 2. The molecule has 0 saturated carbocycles. The molecule has 2 N–H and O–H groups in total. The Morgan fingerprint density at radius 1 is 0.844 bits per heavy atom. The Morgan fingerprint density at radius 2 is 1.50 bits per heavy atom. The van der Waals surface area contributed by atoms with Crippen LogP contribution in [0.2, 0.25) is 0 Å². The van der Waals surface area contributed by atoms with Gasteiger partial charge < -0.3 is 14.7 Å². The van der Waals surface area contributed by atoms with E-state index in [1.54, 1.807) is 12.1 Å². The molecule has 166 valence electrons. The maximum atomic E-state index is 12.7. The predicted octanol–water partition coefficient (Wildman–Crippen LogP) is 6.37. The van der Waals surface area contributed by atoms with Crippen molar-refractivity contribution in [2.75, 3.05) is 0 Å². The van der Waals surface area contributed by atoms with Crippen LogP contribution >= 0.6 is 0 Å². The smallest absolute Gasteiger partial charge is 0.343 e. The minimum absolute atomic E-state index is 0.0772. The van der Waals surface area contributed by atoms with E-state index in [2.05, 4.69) is 13.8 Å². The molecule has 3 rings (SSSR count). The third-order valence-electron chi connectivity index (χ3n) is 5.26. The Kier molecular flexibility index (Phi) is 6.95. The second kappa shape index (κ2) is 9.66. The van der Waals surface area contributed by atoms with E-state index in [4.69, 9.17) is 14.7 Å². The van der Waals surface area contributed by atoms with E-state index in [1.807, 2.05) is 38.1 Å². The van der Waals surface area contributed by atoms with E-state index < -0.39 is 11.9 Å². The van der Waals surface area contributed by atoms with Crippen LogP contribution in [0.25, 0.3) is 11.1 Å². The molecule has 0 aliphatic heterocycles. The van der Waals surface area contributed by atoms with E-state index in [0.717, 1.165) is 11.1 Å². The second-order valence-electron chi connectivity index (χ2n) is 8.15. The van der Waals surface area contributed by atoms with E-state index in [-0.39, 0.29) is 28.5 Å². The molecule has 0 saturated heterocycles. The molecule has 0 aliphatic rings. The lowest BCUT2D eigenvalue weighted by molar-refractivity contribution is -0.138. The summed E-state index contributed by atoms with van der Waals surface area (Å²) in [5.41, 5.74) is 3.56. The van der Waals surface area contributed by atoms with Crippen molar-refractivity contribution in [2.24, 2.45) is 0 Å². The van der Waals surface area contributed by atoms with Gasteiger partial charge in [0.2, 0.25) is 0 Å². The Hall–Kier alpha value is -3.64. The fraction of sp³-hybridized carbons (Fsp3) is 0.231. The number of ether oxygens (including phenoxy) is 1. The summed E-state index contributed by atoms with van der Waals surface area (Å²) in [5, 5.41) is 18.8. The SMILES string of the molecule is CC(C)c1cccc(-c2ccc(OC(=O)c3ccc(C(=O)O)cc3)c(C(C)C)c2OO)c1. The predicted molar refractivity (Wildman–Crippen MR) is 122 cm³/mol. The van der Waals surface area contributed by atoms with Gasteiger partial charge in [0, 0.05) is 11.1 Å². The average Bonchev–Trinajstić information content (AvgIpc) is 2.78. The first-order valence-corrected chi connectivity index (χ1v) is 10.4. The van der Waals surface area contributed by atoms with Crippen LogP contribution in [0.3, 0.4) is 0 Å². The first-order valence-electron chi connectivity index (χ1n) is 10.4. The van der Waals surface area contributed by atoms with Gasteiger partial charge in [-0.3, -0.25) is 0 Å². The fourth-order valence-corrected chi connectivity index (χ4v) is 3.52. The normalized spacial score (nSPS) is 11.0. The number of carboxylic acids is 1. The molecule has 6 heteroatoms. The second-order valence-corrected chi connectivity index (χ2v) is 8.15. The van der Waals surface area contributed by atoms with Crippen LogP contribution in [0, 0.1) is 0 Å². The average molecular weight is 434 g/mol. The third-order valence-corrected chi connectivity index (χ3v) is 5.26. The van der Waals surface area contributed by atoms with Crippen LogP contribution in [0.15, 0.2) is 60.7 Å². The standard InChI is InChI=1S/C26H26O6/c1-15(2)19-6-5-7-20(14-19)21-12-13-22(23(16(3)4)24(21)32-30)31-26(29)18-10-8-17(9-11-18)25(27)28/h5-16,30H,1-4H3,(H,27,28). The lowest BCUT2D eigenvalue weighted by Crippen LogP contribution is -2.11. The molecule has 0 unspecified atom stereocenters. The zero-order valence-corrected chi connectivity index (χ0v) is 18.5. The first-order chi connectivity index (χ1) is 15.2. The van der Waals surface area contributed by atoms with Gasteiger partial charge in [-0.2, -0.15) is 0 Å². The van der Waals surface area contributed by atoms with Gasteiger partial charge in [-0.25, -0.2) is 14.8 Å². The highest BCUT2D eigenvalue weighted by atomic mass is 17.1. The number of hydrogen-bond acceptors (Lipinski definition) is 5. The molecule has 6 nitrogen and oxygen atoms in total. The summed E-state index contributed by atoms with van der Waals surface area (Å²) in [6, 6.07) is 16.9. The summed E-state index contributed by atoms with van der Waals surface area (Å²) in [5.74, 6) is -1.00. The Balaban J connectivity index is 2.01. The van der Waals surface area contributed by atoms with Crippen LogP contribution in [-0.4, -0.2) is 22.3 Å². The van der Waals surface area contributed by atoms with E-state index in [0.29, 0.717) is 17.0 Å². The largest absolute Gasteiger partial charge is 0.478 e. The van der Waals surface area contributed by atoms with Gasteiger partial charge in [-0.15, -0.1) is 0 Å². The topological polar surface area (TPSA) is 93.1 Å². The Morgan fingerprint density at radius 3 is 2.06 bits per heavy atom. The molecule has 32 heavy (non-hydrogen) atoms. The number of hydrogen-bond donors (Lipinski definition) is 2. The quantitative estimate of drug-likeness (QED) is 0.194. The minimum Gasteiger partial charge on any atom is -0.478 e. The minimum atomic E-state index is -1.08. The van der Waals surface area contributed by atoms with Crippen molar-refractivity contribution in [3.63, 3.8) is 0 Å². The Bertz CT molecular complexity index is 1130. The van der Waals surface area contributed by atoms with Crippen LogP contribution in [-0.2, 0) is 0 Å². The Labute approximate surface area is 187 Å². The molecule has 0 amide bonds. The number of benzene rings is 3. The number of carbonyl (C=O) groups excluding carboxylic acids is 1. The lowest BCUT2D eigenvalue weighted by Gasteiger charge is -2.19. The monoisotopic (exact) mass is 434 g/mol. The summed E-state index contributed by atoms with van der Waals surface area (Å²) in [4.78, 5) is 28.5. The summed E-state index contributed by atoms with van der Waals surface area (Å²) >= 11 is 0. The first kappa shape index (κ1) is 23.0. The molecule has 0 fully saturated rings. The molecule has 0 bridgehead atoms. The van der Waals surface area contributed by atoms with Crippen molar-refractivity contribution in [2.45, 2.75) is 39.5 Å². The van der Waals surface area contributed by atoms with Gasteiger partial charge >= 0.3 is 11.9 Å². The van der Waals surface area contributed by atoms with E-state index >= 15 is 0 Å². The van der Waals surface area contributed by atoms with Crippen molar-refractivity contribution in [3.8, 4) is 22.6 Å². The van der Waals surface area contributed by atoms with E-state index in [9.17, 15) is 14.8 Å². The molecule has 0 aromatic heterocycles. The molecule has 0 spiro atoms. The molecule has 3 aromatic rings. The fourth-order valence-electron chi connectivity index (χ4n) is 3.52. The molecule has 0 atom stereocenters. The molecular weight excluding hydrogens is 408 g/mol. The summed E-state index contributed by atoms with van der Waals surface area (Å²) < 4.78 is 5.61. The molecule has 0 aliphatic carbocycles. The van der Waals surface area contributed by atoms with Crippen molar-refractivity contribution < 1.29 is 29.6 Å². The van der Waals surface area contributed by atoms with Crippen LogP contribution in [0.1, 0.15) is 71.4 Å². The molecule has 0 radical (unpaired) electrons. The van der Waals surface area contributed by atoms with Gasteiger partial charge in [-0.05, 0) is 59.4 Å². The highest BCUT2D eigenvalue weighted by molar-refractivity contribution is 5.94. The highest BCUT2D eigenvalue weighted by Gasteiger charge is 2.23. The third kappa shape index (κ3) is 4.81. The summed E-state index contributed by atoms with van der Waals surface area (Å²) in [7, 11) is 0. The zero-order chi connectivity index (χ0) is 23.4.